The summed E-state index contributed by atoms with van der Waals surface area (Å²) in [5.74, 6) is -1.93. The van der Waals surface area contributed by atoms with Gasteiger partial charge in [0.1, 0.15) is 12.4 Å². The number of carbonyl (C=O) groups is 2. The Morgan fingerprint density at radius 3 is 2.72 bits per heavy atom. The number of carboxylic acids is 1. The third kappa shape index (κ3) is 4.21. The molecule has 0 spiro atoms. The number of nitrogens with zero attached hydrogens (tertiary/aromatic N) is 3. The summed E-state index contributed by atoms with van der Waals surface area (Å²) in [5, 5.41) is 13.2. The number of carboxylic acid groups (broad SMARTS) is 1. The van der Waals surface area contributed by atoms with E-state index < -0.39 is 18.4 Å². The molecule has 0 radical (unpaired) electrons. The third-order valence-electron chi connectivity index (χ3n) is 3.96. The minimum atomic E-state index is -1.09. The SMILES string of the molecule is O=C(O)CN(C[C@@H]1CCCO1)C(=O)c1ccn(-c2ccc(F)cc2)n1. The van der Waals surface area contributed by atoms with Crippen molar-refractivity contribution in [3.8, 4) is 5.69 Å². The van der Waals surface area contributed by atoms with E-state index in [0.717, 1.165) is 12.8 Å². The van der Waals surface area contributed by atoms with E-state index in [9.17, 15) is 14.0 Å². The molecule has 3 rings (SSSR count). The second-order valence-electron chi connectivity index (χ2n) is 5.84. The molecule has 8 heteroatoms. The van der Waals surface area contributed by atoms with Gasteiger partial charge in [-0.2, -0.15) is 5.10 Å². The molecule has 1 atom stereocenters. The number of benzene rings is 1. The van der Waals surface area contributed by atoms with Gasteiger partial charge < -0.3 is 14.7 Å². The van der Waals surface area contributed by atoms with Crippen molar-refractivity contribution in [1.82, 2.24) is 14.7 Å². The minimum Gasteiger partial charge on any atom is -0.480 e. The molecular formula is C17H18FN3O4. The fourth-order valence-corrected chi connectivity index (χ4v) is 2.75. The third-order valence-corrected chi connectivity index (χ3v) is 3.96. The average molecular weight is 347 g/mol. The second kappa shape index (κ2) is 7.43. The molecule has 1 aliphatic heterocycles. The molecule has 0 saturated carbocycles. The summed E-state index contributed by atoms with van der Waals surface area (Å²) < 4.78 is 19.9. The number of ether oxygens (including phenoxy) is 1. The Labute approximate surface area is 143 Å². The lowest BCUT2D eigenvalue weighted by atomic mass is 10.2. The average Bonchev–Trinajstić information content (AvgIpc) is 3.25. The lowest BCUT2D eigenvalue weighted by molar-refractivity contribution is -0.138. The van der Waals surface area contributed by atoms with Crippen LogP contribution in [-0.4, -0.2) is 57.5 Å². The van der Waals surface area contributed by atoms with E-state index in [-0.39, 0.29) is 24.2 Å². The number of amides is 1. The lowest BCUT2D eigenvalue weighted by Crippen LogP contribution is -2.41. The summed E-state index contributed by atoms with van der Waals surface area (Å²) in [5.41, 5.74) is 0.730. The molecule has 2 heterocycles. The first kappa shape index (κ1) is 17.1. The Balaban J connectivity index is 1.76. The molecule has 1 fully saturated rings. The first-order valence-electron chi connectivity index (χ1n) is 7.97. The first-order chi connectivity index (χ1) is 12.0. The van der Waals surface area contributed by atoms with Crippen LogP contribution in [0.5, 0.6) is 0 Å². The largest absolute Gasteiger partial charge is 0.480 e. The number of rotatable bonds is 6. The van der Waals surface area contributed by atoms with Crippen LogP contribution < -0.4 is 0 Å². The fourth-order valence-electron chi connectivity index (χ4n) is 2.75. The Bertz CT molecular complexity index is 754. The minimum absolute atomic E-state index is 0.128. The van der Waals surface area contributed by atoms with Crippen molar-refractivity contribution in [1.29, 1.82) is 0 Å². The van der Waals surface area contributed by atoms with Crippen molar-refractivity contribution in [3.05, 3.63) is 48.0 Å². The molecule has 1 saturated heterocycles. The predicted octanol–water partition coefficient (Wildman–Crippen LogP) is 1.72. The molecule has 1 aromatic carbocycles. The normalized spacial score (nSPS) is 16.8. The summed E-state index contributed by atoms with van der Waals surface area (Å²) >= 11 is 0. The fraction of sp³-hybridized carbons (Fsp3) is 0.353. The van der Waals surface area contributed by atoms with Crippen LogP contribution in [0.15, 0.2) is 36.5 Å². The van der Waals surface area contributed by atoms with Gasteiger partial charge >= 0.3 is 5.97 Å². The Kier molecular flexibility index (Phi) is 5.08. The molecule has 1 aromatic heterocycles. The van der Waals surface area contributed by atoms with Crippen molar-refractivity contribution in [3.63, 3.8) is 0 Å². The highest BCUT2D eigenvalue weighted by Crippen LogP contribution is 2.15. The zero-order chi connectivity index (χ0) is 17.8. The van der Waals surface area contributed by atoms with Crippen molar-refractivity contribution < 1.29 is 23.8 Å². The first-order valence-corrected chi connectivity index (χ1v) is 7.97. The van der Waals surface area contributed by atoms with Crippen LogP contribution in [0.3, 0.4) is 0 Å². The Morgan fingerprint density at radius 2 is 2.08 bits per heavy atom. The van der Waals surface area contributed by atoms with Gasteiger partial charge in [-0.25, -0.2) is 9.07 Å². The number of hydrogen-bond donors (Lipinski definition) is 1. The van der Waals surface area contributed by atoms with Crippen LogP contribution in [0.25, 0.3) is 5.69 Å². The van der Waals surface area contributed by atoms with Crippen LogP contribution >= 0.6 is 0 Å². The molecule has 1 aliphatic rings. The van der Waals surface area contributed by atoms with E-state index in [1.807, 2.05) is 0 Å². The van der Waals surface area contributed by atoms with Gasteiger partial charge in [-0.3, -0.25) is 9.59 Å². The van der Waals surface area contributed by atoms with Gasteiger partial charge in [0.05, 0.1) is 11.8 Å². The molecule has 2 aromatic rings. The van der Waals surface area contributed by atoms with Crippen LogP contribution in [0, 0.1) is 5.82 Å². The Morgan fingerprint density at radius 1 is 1.32 bits per heavy atom. The molecule has 0 unspecified atom stereocenters. The maximum absolute atomic E-state index is 13.0. The van der Waals surface area contributed by atoms with Crippen molar-refractivity contribution in [2.75, 3.05) is 19.7 Å². The summed E-state index contributed by atoms with van der Waals surface area (Å²) in [6, 6.07) is 7.19. The van der Waals surface area contributed by atoms with Crippen molar-refractivity contribution in [2.45, 2.75) is 18.9 Å². The van der Waals surface area contributed by atoms with Gasteiger partial charge in [-0.15, -0.1) is 0 Å². The number of aliphatic carboxylic acids is 1. The smallest absolute Gasteiger partial charge is 0.323 e. The van der Waals surface area contributed by atoms with Crippen LogP contribution in [0.4, 0.5) is 4.39 Å². The predicted molar refractivity (Wildman–Crippen MR) is 86.0 cm³/mol. The van der Waals surface area contributed by atoms with Gasteiger partial charge in [0, 0.05) is 19.3 Å². The molecule has 1 amide bonds. The number of hydrogen-bond acceptors (Lipinski definition) is 4. The van der Waals surface area contributed by atoms with Gasteiger partial charge in [0.15, 0.2) is 5.69 Å². The van der Waals surface area contributed by atoms with E-state index in [1.54, 1.807) is 6.20 Å². The maximum atomic E-state index is 13.0. The number of halogens is 1. The highest BCUT2D eigenvalue weighted by molar-refractivity contribution is 5.94. The summed E-state index contributed by atoms with van der Waals surface area (Å²) in [6.45, 7) is 0.426. The molecule has 132 valence electrons. The van der Waals surface area contributed by atoms with Gasteiger partial charge in [-0.05, 0) is 43.2 Å². The van der Waals surface area contributed by atoms with Gasteiger partial charge in [0.2, 0.25) is 0 Å². The lowest BCUT2D eigenvalue weighted by Gasteiger charge is -2.22. The zero-order valence-corrected chi connectivity index (χ0v) is 13.5. The van der Waals surface area contributed by atoms with Gasteiger partial charge in [0.25, 0.3) is 5.91 Å². The van der Waals surface area contributed by atoms with Crippen molar-refractivity contribution in [2.24, 2.45) is 0 Å². The molecule has 7 nitrogen and oxygen atoms in total. The summed E-state index contributed by atoms with van der Waals surface area (Å²) in [6.07, 6.45) is 3.13. The highest BCUT2D eigenvalue weighted by Gasteiger charge is 2.26. The van der Waals surface area contributed by atoms with Crippen LogP contribution in [0.1, 0.15) is 23.3 Å². The molecule has 0 bridgehead atoms. The number of carbonyl (C=O) groups excluding carboxylic acids is 1. The topological polar surface area (TPSA) is 84.7 Å². The summed E-state index contributed by atoms with van der Waals surface area (Å²) in [7, 11) is 0. The molecule has 0 aliphatic carbocycles. The van der Waals surface area contributed by atoms with Crippen LogP contribution in [0.2, 0.25) is 0 Å². The monoisotopic (exact) mass is 347 g/mol. The van der Waals surface area contributed by atoms with E-state index in [4.69, 9.17) is 9.84 Å². The van der Waals surface area contributed by atoms with Crippen LogP contribution in [-0.2, 0) is 9.53 Å². The Hall–Kier alpha value is -2.74. The van der Waals surface area contributed by atoms with E-state index in [1.165, 1.54) is 39.9 Å². The van der Waals surface area contributed by atoms with E-state index >= 15 is 0 Å². The maximum Gasteiger partial charge on any atom is 0.323 e. The molecule has 1 N–H and O–H groups in total. The van der Waals surface area contributed by atoms with E-state index in [0.29, 0.717) is 12.3 Å². The molecule has 25 heavy (non-hydrogen) atoms. The quantitative estimate of drug-likeness (QED) is 0.860. The summed E-state index contributed by atoms with van der Waals surface area (Å²) in [4.78, 5) is 25.0. The standard InChI is InChI=1S/C17H18FN3O4/c18-12-3-5-13(6-4-12)21-8-7-15(19-21)17(24)20(11-16(22)23)10-14-2-1-9-25-14/h3-8,14H,1-2,9-11H2,(H,22,23)/t14-/m0/s1. The second-order valence-corrected chi connectivity index (χ2v) is 5.84. The molecular weight excluding hydrogens is 329 g/mol. The highest BCUT2D eigenvalue weighted by atomic mass is 19.1. The number of aromatic nitrogens is 2. The zero-order valence-electron chi connectivity index (χ0n) is 13.5. The van der Waals surface area contributed by atoms with E-state index in [2.05, 4.69) is 5.10 Å². The van der Waals surface area contributed by atoms with Crippen molar-refractivity contribution >= 4 is 11.9 Å². The van der Waals surface area contributed by atoms with Gasteiger partial charge in [-0.1, -0.05) is 0 Å².